The molecule has 2 aromatic rings. The highest BCUT2D eigenvalue weighted by Crippen LogP contribution is 2.23. The third-order valence-corrected chi connectivity index (χ3v) is 4.12. The van der Waals surface area contributed by atoms with Crippen LogP contribution in [0.2, 0.25) is 0 Å². The first-order chi connectivity index (χ1) is 13.5. The zero-order chi connectivity index (χ0) is 20.5. The highest BCUT2D eigenvalue weighted by Gasteiger charge is 2.14. The summed E-state index contributed by atoms with van der Waals surface area (Å²) in [5.74, 6) is -0.279. The number of likely N-dealkylation sites (N-methyl/N-ethyl adjacent to an activating group) is 1. The standard InChI is InChI=1S/C20H22FN3O4/c1-24(11-20(27)23-13-26)10-17-14(12-25)4-3-5-19(17)22-9-15-8-16(28-2)6-7-18(15)21/h3-8,12-13,22H,9-11H2,1-2H3,(H,23,26,27). The maximum Gasteiger partial charge on any atom is 0.240 e. The fourth-order valence-corrected chi connectivity index (χ4v) is 2.74. The van der Waals surface area contributed by atoms with Crippen LogP contribution in [0.5, 0.6) is 5.75 Å². The first kappa shape index (κ1) is 21.0. The van der Waals surface area contributed by atoms with Gasteiger partial charge in [-0.15, -0.1) is 0 Å². The van der Waals surface area contributed by atoms with E-state index in [2.05, 4.69) is 10.6 Å². The molecule has 2 amide bonds. The minimum absolute atomic E-state index is 0.0180. The van der Waals surface area contributed by atoms with E-state index in [0.717, 1.165) is 6.29 Å². The van der Waals surface area contributed by atoms with Crippen LogP contribution in [0.1, 0.15) is 21.5 Å². The van der Waals surface area contributed by atoms with Crippen molar-refractivity contribution in [2.75, 3.05) is 26.0 Å². The summed E-state index contributed by atoms with van der Waals surface area (Å²) in [4.78, 5) is 35.0. The first-order valence-corrected chi connectivity index (χ1v) is 8.53. The molecule has 0 aliphatic carbocycles. The van der Waals surface area contributed by atoms with Gasteiger partial charge in [0.15, 0.2) is 0 Å². The number of anilines is 1. The topological polar surface area (TPSA) is 87.7 Å². The molecule has 0 saturated carbocycles. The smallest absolute Gasteiger partial charge is 0.240 e. The SMILES string of the molecule is COc1ccc(F)c(CNc2cccc(C=O)c2CN(C)CC(=O)NC=O)c1. The molecule has 0 atom stereocenters. The number of aldehydes is 1. The molecule has 2 aromatic carbocycles. The molecule has 0 saturated heterocycles. The maximum absolute atomic E-state index is 14.0. The molecular formula is C20H22FN3O4. The van der Waals surface area contributed by atoms with Crippen LogP contribution in [0.25, 0.3) is 0 Å². The number of hydrogen-bond acceptors (Lipinski definition) is 6. The van der Waals surface area contributed by atoms with Gasteiger partial charge in [-0.25, -0.2) is 4.39 Å². The predicted octanol–water partition coefficient (Wildman–Crippen LogP) is 1.96. The fraction of sp³-hybridized carbons (Fsp3) is 0.250. The Labute approximate surface area is 162 Å². The molecule has 2 rings (SSSR count). The second-order valence-electron chi connectivity index (χ2n) is 6.16. The minimum atomic E-state index is -0.450. The predicted molar refractivity (Wildman–Crippen MR) is 103 cm³/mol. The van der Waals surface area contributed by atoms with Crippen molar-refractivity contribution in [3.63, 3.8) is 0 Å². The molecule has 28 heavy (non-hydrogen) atoms. The summed E-state index contributed by atoms with van der Waals surface area (Å²) >= 11 is 0. The second-order valence-corrected chi connectivity index (χ2v) is 6.16. The van der Waals surface area contributed by atoms with Crippen molar-refractivity contribution in [1.82, 2.24) is 10.2 Å². The highest BCUT2D eigenvalue weighted by molar-refractivity contribution is 5.87. The lowest BCUT2D eigenvalue weighted by molar-refractivity contribution is -0.125. The van der Waals surface area contributed by atoms with Gasteiger partial charge in [0.25, 0.3) is 0 Å². The number of methoxy groups -OCH3 is 1. The van der Waals surface area contributed by atoms with Crippen LogP contribution in [0, 0.1) is 5.82 Å². The number of amides is 2. The van der Waals surface area contributed by atoms with Gasteiger partial charge in [0.2, 0.25) is 12.3 Å². The zero-order valence-corrected chi connectivity index (χ0v) is 15.7. The average molecular weight is 387 g/mol. The Morgan fingerprint density at radius 2 is 2.04 bits per heavy atom. The van der Waals surface area contributed by atoms with Crippen molar-refractivity contribution in [2.45, 2.75) is 13.1 Å². The van der Waals surface area contributed by atoms with Crippen molar-refractivity contribution in [3.8, 4) is 5.75 Å². The number of carbonyl (C=O) groups is 3. The third kappa shape index (κ3) is 5.62. The summed E-state index contributed by atoms with van der Waals surface area (Å²) in [5, 5.41) is 5.21. The van der Waals surface area contributed by atoms with Gasteiger partial charge in [-0.1, -0.05) is 12.1 Å². The Balaban J connectivity index is 2.19. The molecule has 0 spiro atoms. The molecule has 0 fully saturated rings. The number of rotatable bonds is 10. The van der Waals surface area contributed by atoms with Gasteiger partial charge < -0.3 is 10.1 Å². The van der Waals surface area contributed by atoms with Gasteiger partial charge >= 0.3 is 0 Å². The van der Waals surface area contributed by atoms with E-state index < -0.39 is 5.91 Å². The van der Waals surface area contributed by atoms with Crippen molar-refractivity contribution < 1.29 is 23.5 Å². The van der Waals surface area contributed by atoms with Crippen LogP contribution in [0.3, 0.4) is 0 Å². The number of imide groups is 1. The molecule has 0 bridgehead atoms. The van der Waals surface area contributed by atoms with Gasteiger partial charge in [0.05, 0.1) is 13.7 Å². The van der Waals surface area contributed by atoms with Gasteiger partial charge in [-0.05, 0) is 36.9 Å². The molecule has 0 radical (unpaired) electrons. The van der Waals surface area contributed by atoms with E-state index in [1.165, 1.54) is 19.2 Å². The quantitative estimate of drug-likeness (QED) is 0.606. The molecule has 148 valence electrons. The normalized spacial score (nSPS) is 10.4. The monoisotopic (exact) mass is 387 g/mol. The van der Waals surface area contributed by atoms with E-state index in [9.17, 15) is 18.8 Å². The van der Waals surface area contributed by atoms with Crippen LogP contribution in [-0.2, 0) is 22.7 Å². The van der Waals surface area contributed by atoms with Crippen LogP contribution in [0.4, 0.5) is 10.1 Å². The van der Waals surface area contributed by atoms with Crippen LogP contribution in [-0.4, -0.2) is 44.2 Å². The number of nitrogens with one attached hydrogen (secondary N) is 2. The van der Waals surface area contributed by atoms with E-state index in [1.54, 1.807) is 36.2 Å². The molecule has 0 heterocycles. The van der Waals surface area contributed by atoms with Gasteiger partial charge in [-0.2, -0.15) is 0 Å². The summed E-state index contributed by atoms with van der Waals surface area (Å²) in [6, 6.07) is 9.63. The van der Waals surface area contributed by atoms with E-state index in [4.69, 9.17) is 4.74 Å². The van der Waals surface area contributed by atoms with Crippen molar-refractivity contribution in [3.05, 3.63) is 58.9 Å². The van der Waals surface area contributed by atoms with Gasteiger partial charge in [-0.3, -0.25) is 24.6 Å². The summed E-state index contributed by atoms with van der Waals surface area (Å²) in [7, 11) is 3.20. The summed E-state index contributed by atoms with van der Waals surface area (Å²) in [6.45, 7) is 0.452. The lowest BCUT2D eigenvalue weighted by Gasteiger charge is -2.20. The Morgan fingerprint density at radius 1 is 1.25 bits per heavy atom. The van der Waals surface area contributed by atoms with E-state index in [-0.39, 0.29) is 25.5 Å². The number of ether oxygens (including phenoxy) is 1. The molecular weight excluding hydrogens is 365 g/mol. The van der Waals surface area contributed by atoms with Crippen molar-refractivity contribution in [2.24, 2.45) is 0 Å². The lowest BCUT2D eigenvalue weighted by Crippen LogP contribution is -2.34. The lowest BCUT2D eigenvalue weighted by atomic mass is 10.0. The molecule has 7 nitrogen and oxygen atoms in total. The van der Waals surface area contributed by atoms with Crippen LogP contribution in [0.15, 0.2) is 36.4 Å². The van der Waals surface area contributed by atoms with E-state index in [0.29, 0.717) is 34.5 Å². The maximum atomic E-state index is 14.0. The number of hydrogen-bond donors (Lipinski definition) is 2. The number of halogens is 1. The molecule has 2 N–H and O–H groups in total. The number of carbonyl (C=O) groups excluding carboxylic acids is 3. The zero-order valence-electron chi connectivity index (χ0n) is 15.7. The molecule has 8 heteroatoms. The largest absolute Gasteiger partial charge is 0.497 e. The first-order valence-electron chi connectivity index (χ1n) is 8.53. The fourth-order valence-electron chi connectivity index (χ4n) is 2.74. The molecule has 0 aliphatic heterocycles. The Bertz CT molecular complexity index is 857. The van der Waals surface area contributed by atoms with Crippen LogP contribution >= 0.6 is 0 Å². The molecule has 0 aromatic heterocycles. The van der Waals surface area contributed by atoms with E-state index in [1.807, 2.05) is 0 Å². The number of nitrogens with zero attached hydrogens (tertiary/aromatic N) is 1. The summed E-state index contributed by atoms with van der Waals surface area (Å²) in [6.07, 6.45) is 1.05. The molecule has 0 aliphatic rings. The van der Waals surface area contributed by atoms with Crippen molar-refractivity contribution >= 4 is 24.3 Å². The third-order valence-electron chi connectivity index (χ3n) is 4.12. The Morgan fingerprint density at radius 3 is 2.71 bits per heavy atom. The van der Waals surface area contributed by atoms with Gasteiger partial charge in [0, 0.05) is 29.9 Å². The summed E-state index contributed by atoms with van der Waals surface area (Å²) < 4.78 is 19.2. The number of benzene rings is 2. The van der Waals surface area contributed by atoms with E-state index >= 15 is 0 Å². The Hall–Kier alpha value is -3.26. The second kappa shape index (κ2) is 10.2. The average Bonchev–Trinajstić information content (AvgIpc) is 2.68. The molecule has 0 unspecified atom stereocenters. The highest BCUT2D eigenvalue weighted by atomic mass is 19.1. The minimum Gasteiger partial charge on any atom is -0.497 e. The van der Waals surface area contributed by atoms with Gasteiger partial charge in [0.1, 0.15) is 17.9 Å². The Kier molecular flexibility index (Phi) is 7.65. The van der Waals surface area contributed by atoms with Crippen molar-refractivity contribution in [1.29, 1.82) is 0 Å². The van der Waals surface area contributed by atoms with Crippen LogP contribution < -0.4 is 15.4 Å². The summed E-state index contributed by atoms with van der Waals surface area (Å²) in [5.41, 5.74) is 2.19.